The van der Waals surface area contributed by atoms with Gasteiger partial charge in [-0.15, -0.1) is 0 Å². The second-order valence-corrected chi connectivity index (χ2v) is 5.19. The van der Waals surface area contributed by atoms with Crippen molar-refractivity contribution in [1.29, 1.82) is 0 Å². The van der Waals surface area contributed by atoms with E-state index in [4.69, 9.17) is 0 Å². The van der Waals surface area contributed by atoms with Gasteiger partial charge in [0.15, 0.2) is 0 Å². The average Bonchev–Trinajstić information content (AvgIpc) is 2.25. The second-order valence-electron chi connectivity index (χ2n) is 5.19. The van der Waals surface area contributed by atoms with E-state index in [0.717, 1.165) is 25.9 Å². The summed E-state index contributed by atoms with van der Waals surface area (Å²) < 4.78 is 0. The highest BCUT2D eigenvalue weighted by Crippen LogP contribution is 2.16. The molecule has 4 heteroatoms. The molecule has 1 amide bonds. The molecular formula is C12H24N2O2. The number of likely N-dealkylation sites (N-methyl/N-ethyl adjacent to an activating group) is 1. The van der Waals surface area contributed by atoms with Gasteiger partial charge in [0.25, 0.3) is 0 Å². The molecule has 94 valence electrons. The Hall–Kier alpha value is -0.610. The van der Waals surface area contributed by atoms with Crippen molar-refractivity contribution >= 4 is 5.91 Å². The van der Waals surface area contributed by atoms with Crippen LogP contribution in [0.15, 0.2) is 0 Å². The number of rotatable bonds is 4. The van der Waals surface area contributed by atoms with Crippen molar-refractivity contribution < 1.29 is 9.90 Å². The van der Waals surface area contributed by atoms with E-state index in [1.54, 1.807) is 18.7 Å². The number of piperidine rings is 1. The number of carbonyl (C=O) groups excluding carboxylic acids is 1. The van der Waals surface area contributed by atoms with Crippen LogP contribution in [0.25, 0.3) is 0 Å². The Morgan fingerprint density at radius 1 is 1.44 bits per heavy atom. The standard InChI is InChI=1S/C12H24N2O2/c1-4-14(9-12(2,3)16)11(15)10-5-7-13-8-6-10/h10,13,16H,4-9H2,1-3H3. The second kappa shape index (κ2) is 5.64. The highest BCUT2D eigenvalue weighted by molar-refractivity contribution is 5.79. The normalized spacial score (nSPS) is 18.5. The van der Waals surface area contributed by atoms with E-state index in [1.165, 1.54) is 0 Å². The van der Waals surface area contributed by atoms with Gasteiger partial charge in [-0.3, -0.25) is 4.79 Å². The van der Waals surface area contributed by atoms with Crippen molar-refractivity contribution in [2.45, 2.75) is 39.2 Å². The number of nitrogens with one attached hydrogen (secondary N) is 1. The van der Waals surface area contributed by atoms with E-state index < -0.39 is 5.60 Å². The maximum absolute atomic E-state index is 12.2. The van der Waals surface area contributed by atoms with Gasteiger partial charge < -0.3 is 15.3 Å². The van der Waals surface area contributed by atoms with E-state index in [1.807, 2.05) is 6.92 Å². The minimum Gasteiger partial charge on any atom is -0.389 e. The zero-order chi connectivity index (χ0) is 12.2. The van der Waals surface area contributed by atoms with Crippen LogP contribution in [0.4, 0.5) is 0 Å². The lowest BCUT2D eigenvalue weighted by atomic mass is 9.96. The summed E-state index contributed by atoms with van der Waals surface area (Å²) in [6.07, 6.45) is 1.84. The summed E-state index contributed by atoms with van der Waals surface area (Å²) in [6, 6.07) is 0. The molecule has 0 atom stereocenters. The molecule has 0 radical (unpaired) electrons. The summed E-state index contributed by atoms with van der Waals surface area (Å²) >= 11 is 0. The van der Waals surface area contributed by atoms with Crippen LogP contribution in [0.5, 0.6) is 0 Å². The van der Waals surface area contributed by atoms with Crippen molar-refractivity contribution in [2.24, 2.45) is 5.92 Å². The molecule has 0 spiro atoms. The van der Waals surface area contributed by atoms with Crippen LogP contribution in [0.2, 0.25) is 0 Å². The van der Waals surface area contributed by atoms with Gasteiger partial charge in [-0.2, -0.15) is 0 Å². The summed E-state index contributed by atoms with van der Waals surface area (Å²) in [4.78, 5) is 14.0. The quantitative estimate of drug-likeness (QED) is 0.741. The predicted octanol–water partition coefficient (Wildman–Crippen LogP) is 0.605. The maximum Gasteiger partial charge on any atom is 0.225 e. The van der Waals surface area contributed by atoms with E-state index in [0.29, 0.717) is 13.1 Å². The van der Waals surface area contributed by atoms with Gasteiger partial charge in [0.1, 0.15) is 0 Å². The molecule has 0 unspecified atom stereocenters. The molecule has 16 heavy (non-hydrogen) atoms. The fourth-order valence-electron chi connectivity index (χ4n) is 2.14. The van der Waals surface area contributed by atoms with E-state index in [9.17, 15) is 9.90 Å². The molecule has 1 fully saturated rings. The molecule has 0 aromatic rings. The smallest absolute Gasteiger partial charge is 0.225 e. The van der Waals surface area contributed by atoms with E-state index >= 15 is 0 Å². The number of hydrogen-bond acceptors (Lipinski definition) is 3. The van der Waals surface area contributed by atoms with Crippen LogP contribution in [0.1, 0.15) is 33.6 Å². The van der Waals surface area contributed by atoms with Gasteiger partial charge in [0.05, 0.1) is 5.60 Å². The van der Waals surface area contributed by atoms with Gasteiger partial charge in [-0.25, -0.2) is 0 Å². The van der Waals surface area contributed by atoms with Gasteiger partial charge >= 0.3 is 0 Å². The van der Waals surface area contributed by atoms with Crippen molar-refractivity contribution in [3.05, 3.63) is 0 Å². The number of hydrogen-bond donors (Lipinski definition) is 2. The van der Waals surface area contributed by atoms with Crippen molar-refractivity contribution in [3.63, 3.8) is 0 Å². The van der Waals surface area contributed by atoms with Gasteiger partial charge in [0.2, 0.25) is 5.91 Å². The van der Waals surface area contributed by atoms with Crippen molar-refractivity contribution in [1.82, 2.24) is 10.2 Å². The Labute approximate surface area is 98.0 Å². The first-order valence-corrected chi connectivity index (χ1v) is 6.16. The largest absolute Gasteiger partial charge is 0.389 e. The number of carbonyl (C=O) groups is 1. The minimum absolute atomic E-state index is 0.142. The molecule has 1 saturated heterocycles. The molecule has 4 nitrogen and oxygen atoms in total. The molecule has 0 aromatic heterocycles. The Morgan fingerprint density at radius 3 is 2.44 bits per heavy atom. The lowest BCUT2D eigenvalue weighted by Gasteiger charge is -2.32. The third-order valence-corrected chi connectivity index (χ3v) is 2.96. The fourth-order valence-corrected chi connectivity index (χ4v) is 2.14. The van der Waals surface area contributed by atoms with Crippen molar-refractivity contribution in [2.75, 3.05) is 26.2 Å². The Balaban J connectivity index is 2.54. The van der Waals surface area contributed by atoms with E-state index in [-0.39, 0.29) is 11.8 Å². The third kappa shape index (κ3) is 4.10. The van der Waals surface area contributed by atoms with Crippen LogP contribution in [-0.4, -0.2) is 47.7 Å². The number of amides is 1. The molecule has 1 heterocycles. The van der Waals surface area contributed by atoms with Gasteiger partial charge in [-0.1, -0.05) is 0 Å². The molecule has 0 aromatic carbocycles. The minimum atomic E-state index is -0.807. The summed E-state index contributed by atoms with van der Waals surface area (Å²) in [7, 11) is 0. The Bertz CT molecular complexity index is 230. The molecule has 2 N–H and O–H groups in total. The fraction of sp³-hybridized carbons (Fsp3) is 0.917. The monoisotopic (exact) mass is 228 g/mol. The molecule has 1 aliphatic heterocycles. The Morgan fingerprint density at radius 2 is 2.00 bits per heavy atom. The molecule has 0 aliphatic carbocycles. The first-order chi connectivity index (χ1) is 7.44. The van der Waals surface area contributed by atoms with Crippen LogP contribution in [0, 0.1) is 5.92 Å². The van der Waals surface area contributed by atoms with Crippen LogP contribution >= 0.6 is 0 Å². The van der Waals surface area contributed by atoms with E-state index in [2.05, 4.69) is 5.32 Å². The molecular weight excluding hydrogens is 204 g/mol. The molecule has 0 bridgehead atoms. The lowest BCUT2D eigenvalue weighted by Crippen LogP contribution is -2.46. The van der Waals surface area contributed by atoms with Gasteiger partial charge in [0, 0.05) is 19.0 Å². The summed E-state index contributed by atoms with van der Waals surface area (Å²) in [5, 5.41) is 13.0. The number of aliphatic hydroxyl groups is 1. The molecule has 1 rings (SSSR count). The Kier molecular flexibility index (Phi) is 4.74. The van der Waals surface area contributed by atoms with Crippen LogP contribution in [0.3, 0.4) is 0 Å². The number of nitrogens with zero attached hydrogens (tertiary/aromatic N) is 1. The van der Waals surface area contributed by atoms with Crippen LogP contribution in [-0.2, 0) is 4.79 Å². The maximum atomic E-state index is 12.2. The highest BCUT2D eigenvalue weighted by Gasteiger charge is 2.28. The zero-order valence-corrected chi connectivity index (χ0v) is 10.6. The predicted molar refractivity (Wildman–Crippen MR) is 64.1 cm³/mol. The molecule has 1 aliphatic rings. The summed E-state index contributed by atoms with van der Waals surface area (Å²) in [5.41, 5.74) is -0.807. The average molecular weight is 228 g/mol. The zero-order valence-electron chi connectivity index (χ0n) is 10.6. The SMILES string of the molecule is CCN(CC(C)(C)O)C(=O)C1CCNCC1. The third-order valence-electron chi connectivity index (χ3n) is 2.96. The van der Waals surface area contributed by atoms with Crippen LogP contribution < -0.4 is 5.32 Å². The van der Waals surface area contributed by atoms with Gasteiger partial charge in [-0.05, 0) is 46.7 Å². The highest BCUT2D eigenvalue weighted by atomic mass is 16.3. The first-order valence-electron chi connectivity index (χ1n) is 6.16. The molecule has 0 saturated carbocycles. The summed E-state index contributed by atoms with van der Waals surface area (Å²) in [6.45, 7) is 8.40. The first kappa shape index (κ1) is 13.5. The summed E-state index contributed by atoms with van der Waals surface area (Å²) in [5.74, 6) is 0.342. The van der Waals surface area contributed by atoms with Crippen molar-refractivity contribution in [3.8, 4) is 0 Å². The lowest BCUT2D eigenvalue weighted by molar-refractivity contribution is -0.139. The topological polar surface area (TPSA) is 52.6 Å².